The molecular formula is AlCl2Ti+5. The first-order valence-corrected chi connectivity index (χ1v) is 0. The van der Waals surface area contributed by atoms with E-state index in [9.17, 15) is 0 Å². The first-order valence-electron chi connectivity index (χ1n) is 0. The summed E-state index contributed by atoms with van der Waals surface area (Å²) in [7, 11) is 0. The van der Waals surface area contributed by atoms with Gasteiger partial charge in [-0.2, -0.15) is 0 Å². The van der Waals surface area contributed by atoms with Crippen molar-refractivity contribution in [2.75, 3.05) is 0 Å². The molecule has 0 nitrogen and oxygen atoms in total. The van der Waals surface area contributed by atoms with Gasteiger partial charge >= 0.3 is 39.1 Å². The Bertz CT molecular complexity index is 6.00. The molecule has 0 aliphatic carbocycles. The Labute approximate surface area is 63.6 Å². The Morgan fingerprint density at radius 1 is 0.750 bits per heavy atom. The minimum absolute atomic E-state index is 0. The second kappa shape index (κ2) is 21.2. The number of hydrogen-bond acceptors (Lipinski definition) is 0. The summed E-state index contributed by atoms with van der Waals surface area (Å²) in [6.07, 6.45) is 0. The molecule has 0 aromatic rings. The Morgan fingerprint density at radius 2 is 0.750 bits per heavy atom. The van der Waals surface area contributed by atoms with E-state index < -0.39 is 0 Å². The summed E-state index contributed by atoms with van der Waals surface area (Å²) in [6, 6.07) is 0. The van der Waals surface area contributed by atoms with Crippen LogP contribution in [-0.2, 0) is 21.7 Å². The summed E-state index contributed by atoms with van der Waals surface area (Å²) in [6.45, 7) is 0. The summed E-state index contributed by atoms with van der Waals surface area (Å²) in [5.41, 5.74) is 0. The van der Waals surface area contributed by atoms with Crippen molar-refractivity contribution in [3.05, 3.63) is 0 Å². The van der Waals surface area contributed by atoms with E-state index >= 15 is 0 Å². The summed E-state index contributed by atoms with van der Waals surface area (Å²) in [5.74, 6) is 0. The quantitative estimate of drug-likeness (QED) is 0.298. The van der Waals surface area contributed by atoms with Crippen LogP contribution in [0.1, 0.15) is 0 Å². The maximum absolute atomic E-state index is 0. The van der Waals surface area contributed by atoms with Crippen LogP contribution in [0, 0.1) is 0 Å². The molecule has 4 heavy (non-hydrogen) atoms. The molecule has 0 radical (unpaired) electrons. The molecule has 0 aliphatic rings. The van der Waals surface area contributed by atoms with Gasteiger partial charge < -0.3 is 24.8 Å². The van der Waals surface area contributed by atoms with Crippen molar-refractivity contribution >= 4 is 17.4 Å². The minimum Gasteiger partial charge on any atom is -1.00 e. The van der Waals surface area contributed by atoms with E-state index in [0.717, 1.165) is 0 Å². The van der Waals surface area contributed by atoms with Gasteiger partial charge in [0.2, 0.25) is 0 Å². The van der Waals surface area contributed by atoms with E-state index in [-0.39, 0.29) is 63.9 Å². The molecule has 0 unspecified atom stereocenters. The molecule has 0 bridgehead atoms. The maximum Gasteiger partial charge on any atom is 4.00 e. The Balaban J connectivity index is 0. The molecule has 16 valence electrons. The van der Waals surface area contributed by atoms with Gasteiger partial charge in [0, 0.05) is 0 Å². The van der Waals surface area contributed by atoms with Gasteiger partial charge in [0.1, 0.15) is 0 Å². The largest absolute Gasteiger partial charge is 4.00 e. The van der Waals surface area contributed by atoms with Crippen molar-refractivity contribution in [1.29, 1.82) is 0 Å². The van der Waals surface area contributed by atoms with Crippen LogP contribution in [0.15, 0.2) is 0 Å². The molecule has 0 N–H and O–H groups in total. The van der Waals surface area contributed by atoms with Crippen LogP contribution in [0.25, 0.3) is 0 Å². The summed E-state index contributed by atoms with van der Waals surface area (Å²) in [5, 5.41) is 0. The first kappa shape index (κ1) is 40.7. The second-order valence-corrected chi connectivity index (χ2v) is 0. The maximum atomic E-state index is 0. The van der Waals surface area contributed by atoms with Gasteiger partial charge in [-0.25, -0.2) is 0 Å². The normalized spacial score (nSPS) is 0. The topological polar surface area (TPSA) is 0 Å². The van der Waals surface area contributed by atoms with Crippen molar-refractivity contribution in [3.63, 3.8) is 0 Å². The third-order valence-corrected chi connectivity index (χ3v) is 0. The predicted molar refractivity (Wildman–Crippen MR) is 5.75 cm³/mol. The van der Waals surface area contributed by atoms with Crippen LogP contribution in [0.5, 0.6) is 0 Å². The van der Waals surface area contributed by atoms with E-state index in [0.29, 0.717) is 0 Å². The summed E-state index contributed by atoms with van der Waals surface area (Å²) >= 11 is 0. The molecule has 0 aromatic carbocycles. The van der Waals surface area contributed by atoms with Gasteiger partial charge in [-0.3, -0.25) is 0 Å². The fourth-order valence-corrected chi connectivity index (χ4v) is 0. The van der Waals surface area contributed by atoms with Crippen LogP contribution in [0.4, 0.5) is 0 Å². The first-order chi connectivity index (χ1) is 0. The third kappa shape index (κ3) is 9.16. The average Bonchev–Trinajstić information content (AvgIpc) is 0. The molecule has 4 heteroatoms. The van der Waals surface area contributed by atoms with E-state index in [1.807, 2.05) is 0 Å². The van der Waals surface area contributed by atoms with E-state index in [1.165, 1.54) is 0 Å². The Morgan fingerprint density at radius 3 is 0.750 bits per heavy atom. The molecule has 0 amide bonds. The van der Waals surface area contributed by atoms with Gasteiger partial charge in [-0.1, -0.05) is 0 Å². The van der Waals surface area contributed by atoms with Crippen molar-refractivity contribution in [2.45, 2.75) is 0 Å². The SMILES string of the molecule is [Al+3].[Cl-].[Cl-].[Ti+4]. The average molecular weight is 146 g/mol. The predicted octanol–water partition coefficient (Wildman–Crippen LogP) is -6.38. The molecule has 0 saturated carbocycles. The van der Waals surface area contributed by atoms with Crippen LogP contribution >= 0.6 is 0 Å². The smallest absolute Gasteiger partial charge is 1.00 e. The second-order valence-electron chi connectivity index (χ2n) is 0. The fourth-order valence-electron chi connectivity index (χ4n) is 0. The Hall–Kier alpha value is 1.83. The van der Waals surface area contributed by atoms with Gasteiger partial charge in [-0.15, -0.1) is 0 Å². The molecule has 0 atom stereocenters. The zero-order chi connectivity index (χ0) is 0. The molecule has 0 fully saturated rings. The zero-order valence-electron chi connectivity index (χ0n) is 1.83. The third-order valence-electron chi connectivity index (χ3n) is 0. The summed E-state index contributed by atoms with van der Waals surface area (Å²) in [4.78, 5) is 0. The van der Waals surface area contributed by atoms with E-state index in [2.05, 4.69) is 0 Å². The molecule has 0 heterocycles. The Kier molecular flexibility index (Phi) is 215. The van der Waals surface area contributed by atoms with Gasteiger partial charge in [0.25, 0.3) is 0 Å². The molecule has 0 saturated heterocycles. The van der Waals surface area contributed by atoms with Gasteiger partial charge in [0.15, 0.2) is 0 Å². The molecule has 0 rings (SSSR count). The fraction of sp³-hybridized carbons (Fsp3) is 0. The van der Waals surface area contributed by atoms with E-state index in [4.69, 9.17) is 0 Å². The standard InChI is InChI=1S/Al.2ClH.Ti/h;2*1H;/q+3;;;+4/p-2. The number of rotatable bonds is 0. The van der Waals surface area contributed by atoms with Crippen LogP contribution in [0.2, 0.25) is 0 Å². The molecule has 0 spiro atoms. The van der Waals surface area contributed by atoms with Crippen LogP contribution in [0.3, 0.4) is 0 Å². The molecular weight excluding hydrogens is 146 g/mol. The monoisotopic (exact) mass is 145 g/mol. The number of hydrogen-bond donors (Lipinski definition) is 0. The van der Waals surface area contributed by atoms with Gasteiger partial charge in [0.05, 0.1) is 0 Å². The molecule has 0 aromatic heterocycles. The van der Waals surface area contributed by atoms with E-state index in [1.54, 1.807) is 0 Å². The van der Waals surface area contributed by atoms with Crippen molar-refractivity contribution < 1.29 is 46.5 Å². The zero-order valence-corrected chi connectivity index (χ0v) is 6.06. The van der Waals surface area contributed by atoms with Crippen molar-refractivity contribution in [2.24, 2.45) is 0 Å². The summed E-state index contributed by atoms with van der Waals surface area (Å²) < 4.78 is 0. The molecule has 0 aliphatic heterocycles. The van der Waals surface area contributed by atoms with Crippen molar-refractivity contribution in [1.82, 2.24) is 0 Å². The van der Waals surface area contributed by atoms with Crippen molar-refractivity contribution in [3.8, 4) is 0 Å². The van der Waals surface area contributed by atoms with Gasteiger partial charge in [-0.05, 0) is 0 Å². The minimum atomic E-state index is 0. The van der Waals surface area contributed by atoms with Crippen LogP contribution in [-0.4, -0.2) is 17.4 Å². The number of halogens is 2. The van der Waals surface area contributed by atoms with Crippen LogP contribution < -0.4 is 24.8 Å².